The summed E-state index contributed by atoms with van der Waals surface area (Å²) < 4.78 is -1.25. The van der Waals surface area contributed by atoms with Gasteiger partial charge < -0.3 is 0 Å². The first kappa shape index (κ1) is 11.5. The van der Waals surface area contributed by atoms with Gasteiger partial charge in [0.05, 0.1) is 0 Å². The number of rotatable bonds is 2. The average molecular weight is 258 g/mol. The molecule has 0 saturated heterocycles. The topological polar surface area (TPSA) is 0 Å². The van der Waals surface area contributed by atoms with Crippen LogP contribution in [0.15, 0.2) is 24.3 Å². The first-order valence-corrected chi connectivity index (χ1v) is 5.39. The minimum atomic E-state index is -1.25. The lowest BCUT2D eigenvalue weighted by molar-refractivity contribution is 0.999. The Morgan fingerprint density at radius 1 is 1.00 bits per heavy atom. The number of alkyl halides is 4. The summed E-state index contributed by atoms with van der Waals surface area (Å²) in [5.74, 6) is 0.441. The van der Waals surface area contributed by atoms with Crippen LogP contribution in [0.4, 0.5) is 0 Å². The van der Waals surface area contributed by atoms with Gasteiger partial charge in [0.15, 0.2) is 3.79 Å². The molecular weight excluding hydrogens is 250 g/mol. The molecule has 0 saturated carbocycles. The molecule has 13 heavy (non-hydrogen) atoms. The van der Waals surface area contributed by atoms with Crippen LogP contribution in [-0.2, 0) is 12.3 Å². The van der Waals surface area contributed by atoms with Crippen molar-refractivity contribution in [2.75, 3.05) is 0 Å². The molecular formula is C9H8Cl4. The number of hydrogen-bond donors (Lipinski definition) is 0. The van der Waals surface area contributed by atoms with E-state index in [0.29, 0.717) is 12.3 Å². The molecule has 0 atom stereocenters. The van der Waals surface area contributed by atoms with Crippen LogP contribution >= 0.6 is 46.4 Å². The second kappa shape index (κ2) is 4.75. The molecule has 1 aromatic rings. The van der Waals surface area contributed by atoms with Gasteiger partial charge in [0, 0.05) is 12.3 Å². The van der Waals surface area contributed by atoms with Crippen molar-refractivity contribution in [3.05, 3.63) is 35.4 Å². The standard InChI is InChI=1S/C9H8Cl4/c10-6-8-4-2-1-3-7(8)5-9(11,12)13/h1-4H,5-6H2. The van der Waals surface area contributed by atoms with Crippen molar-refractivity contribution < 1.29 is 0 Å². The van der Waals surface area contributed by atoms with E-state index in [-0.39, 0.29) is 0 Å². The Balaban J connectivity index is 2.87. The van der Waals surface area contributed by atoms with Crippen LogP contribution < -0.4 is 0 Å². The Labute approximate surface area is 97.7 Å². The molecule has 0 N–H and O–H groups in total. The van der Waals surface area contributed by atoms with Crippen LogP contribution in [-0.4, -0.2) is 3.79 Å². The molecule has 1 rings (SSSR count). The molecule has 0 aromatic heterocycles. The van der Waals surface area contributed by atoms with E-state index in [0.717, 1.165) is 11.1 Å². The summed E-state index contributed by atoms with van der Waals surface area (Å²) >= 11 is 22.8. The summed E-state index contributed by atoms with van der Waals surface area (Å²) in [6.45, 7) is 0. The van der Waals surface area contributed by atoms with E-state index < -0.39 is 3.79 Å². The normalized spacial score (nSPS) is 11.7. The molecule has 0 fully saturated rings. The number of halogens is 4. The molecule has 0 nitrogen and oxygen atoms in total. The molecule has 0 radical (unpaired) electrons. The SMILES string of the molecule is ClCc1ccccc1CC(Cl)(Cl)Cl. The summed E-state index contributed by atoms with van der Waals surface area (Å²) in [7, 11) is 0. The van der Waals surface area contributed by atoms with Gasteiger partial charge in [-0.25, -0.2) is 0 Å². The zero-order valence-corrected chi connectivity index (χ0v) is 9.76. The molecule has 0 aliphatic carbocycles. The molecule has 0 heterocycles. The van der Waals surface area contributed by atoms with Crippen molar-refractivity contribution in [3.63, 3.8) is 0 Å². The summed E-state index contributed by atoms with van der Waals surface area (Å²) in [6, 6.07) is 7.67. The van der Waals surface area contributed by atoms with Gasteiger partial charge >= 0.3 is 0 Å². The third-order valence-corrected chi connectivity index (χ3v) is 2.34. The van der Waals surface area contributed by atoms with Gasteiger partial charge in [-0.2, -0.15) is 0 Å². The predicted molar refractivity (Wildman–Crippen MR) is 60.0 cm³/mol. The van der Waals surface area contributed by atoms with Crippen molar-refractivity contribution in [2.24, 2.45) is 0 Å². The highest BCUT2D eigenvalue weighted by atomic mass is 35.6. The smallest absolute Gasteiger partial charge is 0.122 e. The number of hydrogen-bond acceptors (Lipinski definition) is 0. The third kappa shape index (κ3) is 3.95. The summed E-state index contributed by atoms with van der Waals surface area (Å²) in [6.07, 6.45) is 0.389. The highest BCUT2D eigenvalue weighted by molar-refractivity contribution is 6.67. The highest BCUT2D eigenvalue weighted by Crippen LogP contribution is 2.31. The van der Waals surface area contributed by atoms with Crippen LogP contribution in [0.2, 0.25) is 0 Å². The van der Waals surface area contributed by atoms with Gasteiger partial charge in [-0.1, -0.05) is 59.1 Å². The van der Waals surface area contributed by atoms with E-state index in [2.05, 4.69) is 0 Å². The maximum Gasteiger partial charge on any atom is 0.194 e. The molecule has 0 aliphatic rings. The predicted octanol–water partition coefficient (Wildman–Crippen LogP) is 4.34. The fourth-order valence-corrected chi connectivity index (χ4v) is 1.77. The lowest BCUT2D eigenvalue weighted by Gasteiger charge is -2.12. The average Bonchev–Trinajstić information content (AvgIpc) is 2.02. The van der Waals surface area contributed by atoms with Crippen molar-refractivity contribution in [1.82, 2.24) is 0 Å². The largest absolute Gasteiger partial charge is 0.194 e. The lowest BCUT2D eigenvalue weighted by atomic mass is 10.1. The Morgan fingerprint density at radius 3 is 2.00 bits per heavy atom. The van der Waals surface area contributed by atoms with E-state index in [9.17, 15) is 0 Å². The molecule has 0 spiro atoms. The molecule has 0 aliphatic heterocycles. The van der Waals surface area contributed by atoms with Crippen molar-refractivity contribution in [1.29, 1.82) is 0 Å². The fourth-order valence-electron chi connectivity index (χ4n) is 1.08. The summed E-state index contributed by atoms with van der Waals surface area (Å²) in [5, 5.41) is 0. The quantitative estimate of drug-likeness (QED) is 0.692. The monoisotopic (exact) mass is 256 g/mol. The Morgan fingerprint density at radius 2 is 1.54 bits per heavy atom. The molecule has 0 bridgehead atoms. The molecule has 0 unspecified atom stereocenters. The zero-order chi connectivity index (χ0) is 9.90. The minimum Gasteiger partial charge on any atom is -0.122 e. The van der Waals surface area contributed by atoms with Crippen LogP contribution in [0.5, 0.6) is 0 Å². The van der Waals surface area contributed by atoms with Gasteiger partial charge in [-0.3, -0.25) is 0 Å². The second-order valence-electron chi connectivity index (χ2n) is 2.69. The first-order chi connectivity index (χ1) is 6.03. The van der Waals surface area contributed by atoms with Gasteiger partial charge in [-0.15, -0.1) is 11.6 Å². The highest BCUT2D eigenvalue weighted by Gasteiger charge is 2.21. The lowest BCUT2D eigenvalue weighted by Crippen LogP contribution is -2.08. The molecule has 72 valence electrons. The van der Waals surface area contributed by atoms with E-state index in [1.165, 1.54) is 0 Å². The maximum absolute atomic E-state index is 5.73. The number of benzene rings is 1. The van der Waals surface area contributed by atoms with Crippen LogP contribution in [0, 0.1) is 0 Å². The minimum absolute atomic E-state index is 0.389. The van der Waals surface area contributed by atoms with Crippen molar-refractivity contribution >= 4 is 46.4 Å². The van der Waals surface area contributed by atoms with Crippen LogP contribution in [0.1, 0.15) is 11.1 Å². The van der Waals surface area contributed by atoms with Gasteiger partial charge in [0.25, 0.3) is 0 Å². The van der Waals surface area contributed by atoms with Crippen molar-refractivity contribution in [3.8, 4) is 0 Å². The third-order valence-electron chi connectivity index (χ3n) is 1.65. The maximum atomic E-state index is 5.73. The summed E-state index contributed by atoms with van der Waals surface area (Å²) in [5.41, 5.74) is 1.99. The molecule has 1 aromatic carbocycles. The second-order valence-corrected chi connectivity index (χ2v) is 5.48. The van der Waals surface area contributed by atoms with Crippen molar-refractivity contribution in [2.45, 2.75) is 16.1 Å². The van der Waals surface area contributed by atoms with E-state index in [1.807, 2.05) is 24.3 Å². The van der Waals surface area contributed by atoms with E-state index in [1.54, 1.807) is 0 Å². The zero-order valence-electron chi connectivity index (χ0n) is 6.74. The van der Waals surface area contributed by atoms with E-state index in [4.69, 9.17) is 46.4 Å². The Kier molecular flexibility index (Phi) is 4.18. The van der Waals surface area contributed by atoms with E-state index >= 15 is 0 Å². The fraction of sp³-hybridized carbons (Fsp3) is 0.333. The first-order valence-electron chi connectivity index (χ1n) is 3.72. The molecule has 4 heteroatoms. The summed E-state index contributed by atoms with van der Waals surface area (Å²) in [4.78, 5) is 0. The van der Waals surface area contributed by atoms with Gasteiger partial charge in [0.1, 0.15) is 0 Å². The Bertz CT molecular complexity index is 277. The van der Waals surface area contributed by atoms with Crippen LogP contribution in [0.25, 0.3) is 0 Å². The van der Waals surface area contributed by atoms with Gasteiger partial charge in [-0.05, 0) is 11.1 Å². The Hall–Kier alpha value is 0.380. The van der Waals surface area contributed by atoms with Crippen LogP contribution in [0.3, 0.4) is 0 Å². The molecule has 0 amide bonds. The van der Waals surface area contributed by atoms with Gasteiger partial charge in [0.2, 0.25) is 0 Å².